The Morgan fingerprint density at radius 3 is 2.04 bits per heavy atom. The molecule has 1 spiro atoms. The first-order valence-electron chi connectivity index (χ1n) is 19.3. The van der Waals surface area contributed by atoms with Gasteiger partial charge in [0.1, 0.15) is 0 Å². The van der Waals surface area contributed by atoms with E-state index in [-0.39, 0.29) is 36.2 Å². The summed E-state index contributed by atoms with van der Waals surface area (Å²) in [4.78, 5) is 41.6. The van der Waals surface area contributed by atoms with E-state index in [1.165, 1.54) is 57.8 Å². The number of hydrogen-bond acceptors (Lipinski definition) is 8. The highest BCUT2D eigenvalue weighted by molar-refractivity contribution is 5.96. The number of Topliss-reactive ketones (excluding diaryl/α,β-unsaturated/α-hetero) is 1. The highest BCUT2D eigenvalue weighted by atomic mass is 16.6. The second-order valence-electron chi connectivity index (χ2n) is 15.9. The lowest BCUT2D eigenvalue weighted by atomic mass is 9.59. The van der Waals surface area contributed by atoms with Crippen LogP contribution in [0.2, 0.25) is 0 Å². The van der Waals surface area contributed by atoms with Gasteiger partial charge in [0, 0.05) is 24.5 Å². The molecule has 8 heteroatoms. The SMILES string of the molecule is C/C=C(/C)C(=O)O[C@H]1C(C)=C[C@]23C(=O)[C@@H](C=C(CO)[C@@H](OC(=O)CCCCCCCCCCCCCCC)[C@]12O)[C@H]1[C@@H](C[C@H]3C)[C@@]1(C)CO. The van der Waals surface area contributed by atoms with Gasteiger partial charge in [0.05, 0.1) is 12.0 Å². The van der Waals surface area contributed by atoms with E-state index in [4.69, 9.17) is 9.47 Å². The van der Waals surface area contributed by atoms with E-state index in [0.29, 0.717) is 24.0 Å². The van der Waals surface area contributed by atoms with E-state index in [9.17, 15) is 29.7 Å². The summed E-state index contributed by atoms with van der Waals surface area (Å²) in [6, 6.07) is 0. The Hall–Kier alpha value is -2.29. The minimum absolute atomic E-state index is 0.0384. The molecule has 49 heavy (non-hydrogen) atoms. The van der Waals surface area contributed by atoms with Crippen molar-refractivity contribution in [2.45, 2.75) is 156 Å². The van der Waals surface area contributed by atoms with Crippen LogP contribution in [0.3, 0.4) is 0 Å². The third-order valence-electron chi connectivity index (χ3n) is 12.7. The Labute approximate surface area is 294 Å². The summed E-state index contributed by atoms with van der Waals surface area (Å²) in [6.45, 7) is 10.6. The Bertz CT molecular complexity index is 1280. The predicted molar refractivity (Wildman–Crippen MR) is 190 cm³/mol. The molecule has 0 heterocycles. The minimum Gasteiger partial charge on any atom is -0.454 e. The standard InChI is InChI=1S/C41H64O8/c1-7-9-10-11-12-13-14-15-16-17-18-19-20-21-33(44)48-37-30(25-42)23-31-34-32(39(34,6)26-43)22-29(5)40(35(31)45)24-28(4)36(41(37,40)47)49-38(46)27(3)8-2/h8,23-24,29,31-32,34,36-37,42-43,47H,7,9-22,25-26H2,1-6H3/b27-8-/t29-,31+,32-,34+,36+,37-,39-,40+,41-/m1/s1. The van der Waals surface area contributed by atoms with Gasteiger partial charge in [-0.1, -0.05) is 116 Å². The molecule has 0 saturated heterocycles. The molecular weight excluding hydrogens is 620 g/mol. The molecule has 9 atom stereocenters. The molecule has 0 aliphatic heterocycles. The van der Waals surface area contributed by atoms with E-state index in [1.807, 2.05) is 13.8 Å². The zero-order valence-corrected chi connectivity index (χ0v) is 31.1. The number of unbranched alkanes of at least 4 members (excludes halogenated alkanes) is 12. The highest BCUT2D eigenvalue weighted by Gasteiger charge is 2.78. The number of ketones is 1. The largest absolute Gasteiger partial charge is 0.454 e. The molecule has 2 bridgehead atoms. The number of aliphatic hydroxyl groups excluding tert-OH is 2. The van der Waals surface area contributed by atoms with E-state index in [1.54, 1.807) is 39.0 Å². The molecule has 2 saturated carbocycles. The lowest BCUT2D eigenvalue weighted by molar-refractivity contribution is -0.211. The van der Waals surface area contributed by atoms with E-state index < -0.39 is 59.0 Å². The second kappa shape index (κ2) is 16.8. The fourth-order valence-corrected chi connectivity index (χ4v) is 9.58. The normalized spacial score (nSPS) is 35.0. The first-order valence-corrected chi connectivity index (χ1v) is 19.3. The maximum atomic E-state index is 14.9. The van der Waals surface area contributed by atoms with Gasteiger partial charge in [-0.05, 0) is 67.9 Å². The fourth-order valence-electron chi connectivity index (χ4n) is 9.58. The van der Waals surface area contributed by atoms with Crippen LogP contribution in [0.4, 0.5) is 0 Å². The van der Waals surface area contributed by atoms with Crippen molar-refractivity contribution in [1.82, 2.24) is 0 Å². The maximum Gasteiger partial charge on any atom is 0.334 e. The molecule has 4 rings (SSSR count). The van der Waals surface area contributed by atoms with Crippen LogP contribution in [0.15, 0.2) is 34.9 Å². The lowest BCUT2D eigenvalue weighted by Gasteiger charge is -2.49. The number of carbonyl (C=O) groups is 3. The summed E-state index contributed by atoms with van der Waals surface area (Å²) in [7, 11) is 0. The predicted octanol–water partition coefficient (Wildman–Crippen LogP) is 7.34. The van der Waals surface area contributed by atoms with Gasteiger partial charge in [0.25, 0.3) is 0 Å². The van der Waals surface area contributed by atoms with Crippen molar-refractivity contribution in [3.05, 3.63) is 34.9 Å². The third-order valence-corrected chi connectivity index (χ3v) is 12.7. The van der Waals surface area contributed by atoms with Crippen LogP contribution >= 0.6 is 0 Å². The summed E-state index contributed by atoms with van der Waals surface area (Å²) in [5.41, 5.74) is -3.09. The van der Waals surface area contributed by atoms with Gasteiger partial charge in [-0.3, -0.25) is 9.59 Å². The number of carbonyl (C=O) groups excluding carboxylic acids is 3. The van der Waals surface area contributed by atoms with Crippen molar-refractivity contribution in [2.75, 3.05) is 13.2 Å². The van der Waals surface area contributed by atoms with Crippen LogP contribution in [-0.2, 0) is 23.9 Å². The minimum atomic E-state index is -2.17. The van der Waals surface area contributed by atoms with Gasteiger partial charge in [-0.25, -0.2) is 4.79 Å². The van der Waals surface area contributed by atoms with Gasteiger partial charge in [-0.2, -0.15) is 0 Å². The average molecular weight is 685 g/mol. The van der Waals surface area contributed by atoms with Crippen LogP contribution in [0, 0.1) is 34.5 Å². The van der Waals surface area contributed by atoms with Crippen molar-refractivity contribution in [2.24, 2.45) is 34.5 Å². The first kappa shape index (κ1) is 39.5. The first-order chi connectivity index (χ1) is 23.4. The molecule has 0 radical (unpaired) electrons. The molecule has 8 nitrogen and oxygen atoms in total. The summed E-state index contributed by atoms with van der Waals surface area (Å²) in [5.74, 6) is -2.67. The summed E-state index contributed by atoms with van der Waals surface area (Å²) >= 11 is 0. The Kier molecular flexibility index (Phi) is 13.6. The molecule has 0 aromatic heterocycles. The van der Waals surface area contributed by atoms with Gasteiger partial charge in [-0.15, -0.1) is 0 Å². The maximum absolute atomic E-state index is 14.9. The monoisotopic (exact) mass is 684 g/mol. The van der Waals surface area contributed by atoms with E-state index >= 15 is 0 Å². The zero-order chi connectivity index (χ0) is 36.0. The average Bonchev–Trinajstić information content (AvgIpc) is 3.63. The topological polar surface area (TPSA) is 130 Å². The van der Waals surface area contributed by atoms with Gasteiger partial charge >= 0.3 is 11.9 Å². The molecule has 0 aromatic rings. The fraction of sp³-hybridized carbons (Fsp3) is 0.780. The van der Waals surface area contributed by atoms with Crippen molar-refractivity contribution in [1.29, 1.82) is 0 Å². The summed E-state index contributed by atoms with van der Waals surface area (Å²) in [5, 5.41) is 34.2. The Morgan fingerprint density at radius 2 is 1.51 bits per heavy atom. The van der Waals surface area contributed by atoms with Gasteiger partial charge in [0.2, 0.25) is 0 Å². The molecule has 0 aromatic carbocycles. The highest BCUT2D eigenvalue weighted by Crippen LogP contribution is 2.72. The van der Waals surface area contributed by atoms with Gasteiger partial charge in [0.15, 0.2) is 23.6 Å². The van der Waals surface area contributed by atoms with Crippen LogP contribution < -0.4 is 0 Å². The van der Waals surface area contributed by atoms with Crippen molar-refractivity contribution < 1.29 is 39.2 Å². The number of rotatable bonds is 19. The number of esters is 2. The van der Waals surface area contributed by atoms with E-state index in [2.05, 4.69) is 6.92 Å². The second-order valence-corrected chi connectivity index (χ2v) is 15.9. The molecule has 0 amide bonds. The van der Waals surface area contributed by atoms with Crippen molar-refractivity contribution >= 4 is 17.7 Å². The zero-order valence-electron chi connectivity index (χ0n) is 31.1. The number of hydrogen-bond donors (Lipinski definition) is 3. The molecule has 0 unspecified atom stereocenters. The van der Waals surface area contributed by atoms with Crippen molar-refractivity contribution in [3.63, 3.8) is 0 Å². The smallest absolute Gasteiger partial charge is 0.334 e. The quantitative estimate of drug-likeness (QED) is 0.0558. The van der Waals surface area contributed by atoms with Crippen molar-refractivity contribution in [3.8, 4) is 0 Å². The number of ether oxygens (including phenoxy) is 2. The molecule has 3 N–H and O–H groups in total. The molecule has 4 aliphatic carbocycles. The Morgan fingerprint density at radius 1 is 0.939 bits per heavy atom. The summed E-state index contributed by atoms with van der Waals surface area (Å²) < 4.78 is 12.2. The molecular formula is C41H64O8. The molecule has 2 fully saturated rings. The Balaban J connectivity index is 1.50. The summed E-state index contributed by atoms with van der Waals surface area (Å²) in [6.07, 6.45) is 18.4. The lowest BCUT2D eigenvalue weighted by Crippen LogP contribution is -2.66. The van der Waals surface area contributed by atoms with E-state index in [0.717, 1.165) is 19.3 Å². The van der Waals surface area contributed by atoms with Crippen LogP contribution in [-0.4, -0.2) is 64.1 Å². The van der Waals surface area contributed by atoms with Crippen LogP contribution in [0.25, 0.3) is 0 Å². The number of aliphatic hydroxyl groups is 3. The number of allylic oxidation sites excluding steroid dienone is 2. The number of fused-ring (bicyclic) bond motifs is 3. The molecule has 4 aliphatic rings. The third kappa shape index (κ3) is 7.53. The van der Waals surface area contributed by atoms with Crippen LogP contribution in [0.5, 0.6) is 0 Å². The van der Waals surface area contributed by atoms with Gasteiger partial charge < -0.3 is 24.8 Å². The molecule has 276 valence electrons. The van der Waals surface area contributed by atoms with Crippen LogP contribution in [0.1, 0.15) is 138 Å².